The highest BCUT2D eigenvalue weighted by atomic mass is 16.5. The van der Waals surface area contributed by atoms with Crippen molar-refractivity contribution in [3.05, 3.63) is 120 Å². The van der Waals surface area contributed by atoms with Crippen molar-refractivity contribution in [2.45, 2.75) is 50.9 Å². The topological polar surface area (TPSA) is 26.3 Å². The molecule has 0 saturated heterocycles. The van der Waals surface area contributed by atoms with Crippen LogP contribution in [0.5, 0.6) is 0 Å². The first kappa shape index (κ1) is 23.5. The Kier molecular flexibility index (Phi) is 9.31. The number of unbranched alkanes of at least 4 members (excludes halogenated alkanes) is 3. The van der Waals surface area contributed by atoms with Crippen LogP contribution in [0.3, 0.4) is 0 Å². The summed E-state index contributed by atoms with van der Waals surface area (Å²) in [5.74, 6) is -0.244. The summed E-state index contributed by atoms with van der Waals surface area (Å²) >= 11 is 0. The maximum atomic E-state index is 12.1. The van der Waals surface area contributed by atoms with Crippen LogP contribution >= 0.6 is 0 Å². The van der Waals surface area contributed by atoms with Crippen LogP contribution < -0.4 is 0 Å². The molecule has 0 aliphatic heterocycles. The van der Waals surface area contributed by atoms with E-state index in [-0.39, 0.29) is 11.4 Å². The molecule has 0 bridgehead atoms. The van der Waals surface area contributed by atoms with Gasteiger partial charge in [-0.3, -0.25) is 0 Å². The van der Waals surface area contributed by atoms with Crippen LogP contribution in [0.25, 0.3) is 0 Å². The number of hydrogen-bond acceptors (Lipinski definition) is 2. The van der Waals surface area contributed by atoms with Crippen molar-refractivity contribution in [2.75, 3.05) is 6.61 Å². The van der Waals surface area contributed by atoms with Crippen LogP contribution in [0, 0.1) is 0 Å². The number of allylic oxidation sites excluding steroid dienone is 1. The fourth-order valence-electron chi connectivity index (χ4n) is 4.35. The second-order valence-corrected chi connectivity index (χ2v) is 8.17. The third-order valence-electron chi connectivity index (χ3n) is 5.97. The van der Waals surface area contributed by atoms with Gasteiger partial charge in [0.15, 0.2) is 0 Å². The Balaban J connectivity index is 1.78. The SMILES string of the molecule is CCCCCC=CC(=O)OCCCC(c1ccccc1)(c1ccccc1)c1ccccc1. The molecule has 0 radical (unpaired) electrons. The van der Waals surface area contributed by atoms with Gasteiger partial charge in [-0.15, -0.1) is 0 Å². The van der Waals surface area contributed by atoms with Gasteiger partial charge in [-0.05, 0) is 42.4 Å². The molecule has 32 heavy (non-hydrogen) atoms. The maximum absolute atomic E-state index is 12.1. The Hall–Kier alpha value is -3.13. The number of rotatable bonds is 12. The molecule has 3 aromatic carbocycles. The van der Waals surface area contributed by atoms with Gasteiger partial charge >= 0.3 is 5.97 Å². The number of carbonyl (C=O) groups is 1. The van der Waals surface area contributed by atoms with E-state index < -0.39 is 0 Å². The van der Waals surface area contributed by atoms with Crippen molar-refractivity contribution >= 4 is 5.97 Å². The van der Waals surface area contributed by atoms with E-state index in [9.17, 15) is 4.79 Å². The summed E-state index contributed by atoms with van der Waals surface area (Å²) in [5.41, 5.74) is 3.45. The average Bonchev–Trinajstić information content (AvgIpc) is 2.86. The highest BCUT2D eigenvalue weighted by Crippen LogP contribution is 2.42. The highest BCUT2D eigenvalue weighted by molar-refractivity contribution is 5.81. The molecule has 0 unspecified atom stereocenters. The quantitative estimate of drug-likeness (QED) is 0.130. The molecule has 0 atom stereocenters. The molecule has 0 saturated carbocycles. The van der Waals surface area contributed by atoms with E-state index in [0.717, 1.165) is 25.7 Å². The monoisotopic (exact) mass is 426 g/mol. The molecule has 0 aliphatic carbocycles. The lowest BCUT2D eigenvalue weighted by atomic mass is 9.67. The zero-order valence-corrected chi connectivity index (χ0v) is 19.1. The first-order valence-corrected chi connectivity index (χ1v) is 11.8. The smallest absolute Gasteiger partial charge is 0.330 e. The first-order valence-electron chi connectivity index (χ1n) is 11.8. The van der Waals surface area contributed by atoms with Gasteiger partial charge in [0.05, 0.1) is 6.61 Å². The number of ether oxygens (including phenoxy) is 1. The molecule has 166 valence electrons. The summed E-state index contributed by atoms with van der Waals surface area (Å²) in [6, 6.07) is 31.9. The summed E-state index contributed by atoms with van der Waals surface area (Å²) in [6.07, 6.45) is 9.56. The summed E-state index contributed by atoms with van der Waals surface area (Å²) in [6.45, 7) is 2.59. The van der Waals surface area contributed by atoms with Crippen molar-refractivity contribution in [3.8, 4) is 0 Å². The maximum Gasteiger partial charge on any atom is 0.330 e. The summed E-state index contributed by atoms with van der Waals surface area (Å²) < 4.78 is 5.53. The van der Waals surface area contributed by atoms with E-state index in [1.54, 1.807) is 6.08 Å². The van der Waals surface area contributed by atoms with Crippen LogP contribution in [-0.2, 0) is 14.9 Å². The predicted octanol–water partition coefficient (Wildman–Crippen LogP) is 7.48. The van der Waals surface area contributed by atoms with Crippen LogP contribution in [0.1, 0.15) is 62.1 Å². The van der Waals surface area contributed by atoms with Crippen molar-refractivity contribution in [1.82, 2.24) is 0 Å². The Labute approximate surface area is 193 Å². The highest BCUT2D eigenvalue weighted by Gasteiger charge is 2.35. The van der Waals surface area contributed by atoms with Gasteiger partial charge in [-0.1, -0.05) is 117 Å². The van der Waals surface area contributed by atoms with Gasteiger partial charge in [0.2, 0.25) is 0 Å². The normalized spacial score (nSPS) is 11.5. The summed E-state index contributed by atoms with van der Waals surface area (Å²) in [5, 5.41) is 0. The molecule has 0 spiro atoms. The van der Waals surface area contributed by atoms with Gasteiger partial charge in [0, 0.05) is 11.5 Å². The van der Waals surface area contributed by atoms with Gasteiger partial charge in [0.25, 0.3) is 0 Å². The van der Waals surface area contributed by atoms with Crippen LogP contribution in [-0.4, -0.2) is 12.6 Å². The molecule has 0 amide bonds. The number of hydrogen-bond donors (Lipinski definition) is 0. The molecule has 0 N–H and O–H groups in total. The average molecular weight is 427 g/mol. The molecule has 0 aromatic heterocycles. The van der Waals surface area contributed by atoms with Crippen LogP contribution in [0.2, 0.25) is 0 Å². The Bertz CT molecular complexity index is 849. The van der Waals surface area contributed by atoms with Crippen molar-refractivity contribution in [2.24, 2.45) is 0 Å². The molecule has 0 heterocycles. The fraction of sp³-hybridized carbons (Fsp3) is 0.300. The van der Waals surface area contributed by atoms with Gasteiger partial charge < -0.3 is 4.74 Å². The van der Waals surface area contributed by atoms with Gasteiger partial charge in [0.1, 0.15) is 0 Å². The number of benzene rings is 3. The van der Waals surface area contributed by atoms with E-state index in [0.29, 0.717) is 6.61 Å². The molecule has 2 heteroatoms. The third kappa shape index (κ3) is 6.20. The van der Waals surface area contributed by atoms with Crippen LogP contribution in [0.4, 0.5) is 0 Å². The van der Waals surface area contributed by atoms with Crippen molar-refractivity contribution in [3.63, 3.8) is 0 Å². The third-order valence-corrected chi connectivity index (χ3v) is 5.97. The number of esters is 1. The molecule has 3 rings (SSSR count). The zero-order chi connectivity index (χ0) is 22.5. The second kappa shape index (κ2) is 12.7. The van der Waals surface area contributed by atoms with Crippen molar-refractivity contribution < 1.29 is 9.53 Å². The lowest BCUT2D eigenvalue weighted by Gasteiger charge is -2.36. The molecule has 2 nitrogen and oxygen atoms in total. The summed E-state index contributed by atoms with van der Waals surface area (Å²) in [4.78, 5) is 12.1. The van der Waals surface area contributed by atoms with Crippen molar-refractivity contribution in [1.29, 1.82) is 0 Å². The van der Waals surface area contributed by atoms with E-state index >= 15 is 0 Å². The van der Waals surface area contributed by atoms with Gasteiger partial charge in [-0.25, -0.2) is 4.79 Å². The Morgan fingerprint density at radius 3 is 1.72 bits per heavy atom. The van der Waals surface area contributed by atoms with E-state index in [2.05, 4.69) is 97.9 Å². The largest absolute Gasteiger partial charge is 0.463 e. The lowest BCUT2D eigenvalue weighted by Crippen LogP contribution is -2.30. The predicted molar refractivity (Wildman–Crippen MR) is 133 cm³/mol. The Morgan fingerprint density at radius 1 is 0.750 bits per heavy atom. The summed E-state index contributed by atoms with van der Waals surface area (Å²) in [7, 11) is 0. The minimum atomic E-state index is -0.299. The molecule has 0 fully saturated rings. The molecular weight excluding hydrogens is 392 g/mol. The van der Waals surface area contributed by atoms with Gasteiger partial charge in [-0.2, -0.15) is 0 Å². The van der Waals surface area contributed by atoms with E-state index in [1.165, 1.54) is 29.5 Å². The number of carbonyl (C=O) groups excluding carboxylic acids is 1. The second-order valence-electron chi connectivity index (χ2n) is 8.17. The Morgan fingerprint density at radius 2 is 1.25 bits per heavy atom. The molecule has 3 aromatic rings. The van der Waals surface area contributed by atoms with E-state index in [4.69, 9.17) is 4.74 Å². The van der Waals surface area contributed by atoms with Crippen LogP contribution in [0.15, 0.2) is 103 Å². The minimum absolute atomic E-state index is 0.244. The minimum Gasteiger partial charge on any atom is -0.463 e. The molecular formula is C30H34O2. The first-order chi connectivity index (χ1) is 15.8. The zero-order valence-electron chi connectivity index (χ0n) is 19.1. The molecule has 0 aliphatic rings. The standard InChI is InChI=1S/C30H34O2/c1-2-3-4-5-15-23-29(31)32-25-16-24-30(26-17-9-6-10-18-26,27-19-11-7-12-20-27)28-21-13-8-14-22-28/h6-15,17-23H,2-5,16,24-25H2,1H3. The fourth-order valence-corrected chi connectivity index (χ4v) is 4.35. The lowest BCUT2D eigenvalue weighted by molar-refractivity contribution is -0.137. The van der Waals surface area contributed by atoms with E-state index in [1.807, 2.05) is 6.08 Å².